The average Bonchev–Trinajstić information content (AvgIpc) is 2.54. The summed E-state index contributed by atoms with van der Waals surface area (Å²) in [6.07, 6.45) is 1.08. The van der Waals surface area contributed by atoms with Crippen molar-refractivity contribution in [1.82, 2.24) is 10.3 Å². The second-order valence-electron chi connectivity index (χ2n) is 6.20. The van der Waals surface area contributed by atoms with Crippen molar-refractivity contribution >= 4 is 10.9 Å². The summed E-state index contributed by atoms with van der Waals surface area (Å²) < 4.78 is 0. The molecule has 2 rings (SSSR count). The predicted octanol–water partition coefficient (Wildman–Crippen LogP) is 3.72. The van der Waals surface area contributed by atoms with E-state index >= 15 is 0 Å². The number of hydrogen-bond acceptors (Lipinski definition) is 1. The van der Waals surface area contributed by atoms with Crippen molar-refractivity contribution in [2.45, 2.75) is 46.6 Å². The summed E-state index contributed by atoms with van der Waals surface area (Å²) in [4.78, 5) is 3.47. The zero-order valence-electron chi connectivity index (χ0n) is 12.1. The standard InChI is InChI=1S/C16H24N2/c1-11-6-7-15-14(10-11)13(12(2)18-15)8-9-17-16(3,4)5/h6-7,10,17-18H,8-9H2,1-5H3. The van der Waals surface area contributed by atoms with Crippen LogP contribution in [-0.4, -0.2) is 17.1 Å². The number of nitrogens with one attached hydrogen (secondary N) is 2. The minimum atomic E-state index is 0.190. The molecule has 0 aliphatic heterocycles. The molecule has 2 heteroatoms. The molecule has 2 nitrogen and oxygen atoms in total. The molecule has 0 saturated heterocycles. The zero-order chi connectivity index (χ0) is 13.3. The quantitative estimate of drug-likeness (QED) is 0.846. The Hall–Kier alpha value is -1.28. The molecular weight excluding hydrogens is 220 g/mol. The van der Waals surface area contributed by atoms with Crippen LogP contribution in [0.5, 0.6) is 0 Å². The highest BCUT2D eigenvalue weighted by Crippen LogP contribution is 2.23. The van der Waals surface area contributed by atoms with Gasteiger partial charge in [0.25, 0.3) is 0 Å². The van der Waals surface area contributed by atoms with Gasteiger partial charge in [-0.15, -0.1) is 0 Å². The van der Waals surface area contributed by atoms with Gasteiger partial charge in [0.05, 0.1) is 0 Å². The Labute approximate surface area is 110 Å². The maximum Gasteiger partial charge on any atom is 0.0459 e. The summed E-state index contributed by atoms with van der Waals surface area (Å²) in [6, 6.07) is 6.62. The molecule has 0 spiro atoms. The molecule has 0 radical (unpaired) electrons. The normalized spacial score (nSPS) is 12.3. The van der Waals surface area contributed by atoms with E-state index in [0.717, 1.165) is 13.0 Å². The van der Waals surface area contributed by atoms with Crippen molar-refractivity contribution in [3.63, 3.8) is 0 Å². The number of hydrogen-bond donors (Lipinski definition) is 2. The largest absolute Gasteiger partial charge is 0.358 e. The van der Waals surface area contributed by atoms with Crippen LogP contribution in [0, 0.1) is 13.8 Å². The first kappa shape index (κ1) is 13.2. The molecule has 1 aromatic carbocycles. The molecule has 0 aliphatic rings. The van der Waals surface area contributed by atoms with Gasteiger partial charge < -0.3 is 10.3 Å². The Kier molecular flexibility index (Phi) is 3.49. The minimum Gasteiger partial charge on any atom is -0.358 e. The molecule has 0 unspecified atom stereocenters. The predicted molar refractivity (Wildman–Crippen MR) is 79.2 cm³/mol. The van der Waals surface area contributed by atoms with E-state index in [4.69, 9.17) is 0 Å². The van der Waals surface area contributed by atoms with Crippen LogP contribution in [0.3, 0.4) is 0 Å². The summed E-state index contributed by atoms with van der Waals surface area (Å²) in [6.45, 7) is 12.0. The van der Waals surface area contributed by atoms with Gasteiger partial charge in [-0.05, 0) is 65.3 Å². The number of aromatic nitrogens is 1. The van der Waals surface area contributed by atoms with E-state index < -0.39 is 0 Å². The topological polar surface area (TPSA) is 27.8 Å². The Bertz CT molecular complexity index is 544. The van der Waals surface area contributed by atoms with Crippen molar-refractivity contribution in [2.75, 3.05) is 6.54 Å². The Morgan fingerprint density at radius 1 is 1.17 bits per heavy atom. The lowest BCUT2D eigenvalue weighted by Gasteiger charge is -2.20. The Morgan fingerprint density at radius 3 is 2.56 bits per heavy atom. The number of aromatic amines is 1. The third-order valence-corrected chi connectivity index (χ3v) is 3.31. The molecule has 18 heavy (non-hydrogen) atoms. The summed E-state index contributed by atoms with van der Waals surface area (Å²) >= 11 is 0. The van der Waals surface area contributed by atoms with E-state index in [0.29, 0.717) is 0 Å². The van der Waals surface area contributed by atoms with E-state index in [-0.39, 0.29) is 5.54 Å². The third-order valence-electron chi connectivity index (χ3n) is 3.31. The highest BCUT2D eigenvalue weighted by molar-refractivity contribution is 5.85. The van der Waals surface area contributed by atoms with Gasteiger partial charge in [0.15, 0.2) is 0 Å². The van der Waals surface area contributed by atoms with Crippen LogP contribution in [0.4, 0.5) is 0 Å². The first-order chi connectivity index (χ1) is 8.37. The summed E-state index contributed by atoms with van der Waals surface area (Å²) in [5.41, 5.74) is 5.52. The molecule has 0 aliphatic carbocycles. The molecule has 0 saturated carbocycles. The van der Waals surface area contributed by atoms with Crippen LogP contribution < -0.4 is 5.32 Å². The molecule has 2 N–H and O–H groups in total. The highest BCUT2D eigenvalue weighted by atomic mass is 14.9. The molecule has 0 atom stereocenters. The number of benzene rings is 1. The van der Waals surface area contributed by atoms with Gasteiger partial charge in [-0.1, -0.05) is 11.6 Å². The van der Waals surface area contributed by atoms with E-state index in [1.807, 2.05) is 0 Å². The van der Waals surface area contributed by atoms with Gasteiger partial charge in [-0.2, -0.15) is 0 Å². The zero-order valence-corrected chi connectivity index (χ0v) is 12.1. The van der Waals surface area contributed by atoms with Crippen LogP contribution in [0.1, 0.15) is 37.6 Å². The number of rotatable bonds is 3. The fourth-order valence-electron chi connectivity index (χ4n) is 2.38. The van der Waals surface area contributed by atoms with Crippen LogP contribution in [0.25, 0.3) is 10.9 Å². The van der Waals surface area contributed by atoms with Crippen molar-refractivity contribution < 1.29 is 0 Å². The number of fused-ring (bicyclic) bond motifs is 1. The van der Waals surface area contributed by atoms with Crippen LogP contribution >= 0.6 is 0 Å². The van der Waals surface area contributed by atoms with Gasteiger partial charge in [0.1, 0.15) is 0 Å². The SMILES string of the molecule is Cc1ccc2[nH]c(C)c(CCNC(C)(C)C)c2c1. The molecule has 1 aromatic heterocycles. The highest BCUT2D eigenvalue weighted by Gasteiger charge is 2.11. The third kappa shape index (κ3) is 2.94. The first-order valence-electron chi connectivity index (χ1n) is 6.70. The number of H-pyrrole nitrogens is 1. The van der Waals surface area contributed by atoms with Crippen LogP contribution in [0.2, 0.25) is 0 Å². The van der Waals surface area contributed by atoms with E-state index in [1.165, 1.54) is 27.7 Å². The summed E-state index contributed by atoms with van der Waals surface area (Å²) in [5, 5.41) is 4.93. The van der Waals surface area contributed by atoms with Crippen molar-refractivity contribution in [3.8, 4) is 0 Å². The van der Waals surface area contributed by atoms with Gasteiger partial charge in [-0.25, -0.2) is 0 Å². The molecule has 0 amide bonds. The summed E-state index contributed by atoms with van der Waals surface area (Å²) in [5.74, 6) is 0. The smallest absolute Gasteiger partial charge is 0.0459 e. The van der Waals surface area contributed by atoms with Crippen LogP contribution in [-0.2, 0) is 6.42 Å². The minimum absolute atomic E-state index is 0.190. The lowest BCUT2D eigenvalue weighted by Crippen LogP contribution is -2.37. The van der Waals surface area contributed by atoms with Crippen molar-refractivity contribution in [2.24, 2.45) is 0 Å². The second-order valence-corrected chi connectivity index (χ2v) is 6.20. The fourth-order valence-corrected chi connectivity index (χ4v) is 2.38. The summed E-state index contributed by atoms with van der Waals surface area (Å²) in [7, 11) is 0. The lowest BCUT2D eigenvalue weighted by atomic mass is 10.0. The monoisotopic (exact) mass is 244 g/mol. The van der Waals surface area contributed by atoms with Gasteiger partial charge in [0, 0.05) is 22.1 Å². The van der Waals surface area contributed by atoms with E-state index in [9.17, 15) is 0 Å². The second kappa shape index (κ2) is 4.77. The first-order valence-corrected chi connectivity index (χ1v) is 6.70. The maximum atomic E-state index is 3.55. The van der Waals surface area contributed by atoms with Gasteiger partial charge in [-0.3, -0.25) is 0 Å². The van der Waals surface area contributed by atoms with Gasteiger partial charge in [0.2, 0.25) is 0 Å². The molecule has 0 bridgehead atoms. The molecule has 0 fully saturated rings. The fraction of sp³-hybridized carbons (Fsp3) is 0.500. The molecule has 98 valence electrons. The Balaban J connectivity index is 2.22. The Morgan fingerprint density at radius 2 is 1.89 bits per heavy atom. The van der Waals surface area contributed by atoms with Crippen molar-refractivity contribution in [1.29, 1.82) is 0 Å². The molecule has 1 heterocycles. The molecule has 2 aromatic rings. The van der Waals surface area contributed by atoms with Crippen LogP contribution in [0.15, 0.2) is 18.2 Å². The number of aryl methyl sites for hydroxylation is 2. The molecular formula is C16H24N2. The lowest BCUT2D eigenvalue weighted by molar-refractivity contribution is 0.429. The van der Waals surface area contributed by atoms with Crippen molar-refractivity contribution in [3.05, 3.63) is 35.0 Å². The average molecular weight is 244 g/mol. The van der Waals surface area contributed by atoms with E-state index in [2.05, 4.69) is 63.1 Å². The van der Waals surface area contributed by atoms with Gasteiger partial charge >= 0.3 is 0 Å². The van der Waals surface area contributed by atoms with E-state index in [1.54, 1.807) is 0 Å². The maximum absolute atomic E-state index is 3.55.